The summed E-state index contributed by atoms with van der Waals surface area (Å²) in [6.45, 7) is 1.81. The van der Waals surface area contributed by atoms with E-state index in [9.17, 15) is 9.59 Å². The lowest BCUT2D eigenvalue weighted by Crippen LogP contribution is -2.24. The molecular formula is C15H11Cl2N3O2. The number of nitrogens with two attached hydrogens (primary N) is 1. The van der Waals surface area contributed by atoms with Crippen LogP contribution in [0.5, 0.6) is 0 Å². The zero-order valence-corrected chi connectivity index (χ0v) is 13.0. The Morgan fingerprint density at radius 3 is 2.59 bits per heavy atom. The summed E-state index contributed by atoms with van der Waals surface area (Å²) in [6, 6.07) is 7.79. The van der Waals surface area contributed by atoms with Gasteiger partial charge in [0.15, 0.2) is 0 Å². The van der Waals surface area contributed by atoms with Gasteiger partial charge in [0.1, 0.15) is 0 Å². The number of aromatic amines is 1. The minimum atomic E-state index is -0.531. The molecule has 1 aromatic heterocycles. The van der Waals surface area contributed by atoms with Crippen molar-refractivity contribution in [2.75, 3.05) is 5.73 Å². The number of aryl methyl sites for hydroxylation is 1. The van der Waals surface area contributed by atoms with E-state index in [1.807, 2.05) is 0 Å². The average Bonchev–Trinajstić information content (AvgIpc) is 2.77. The van der Waals surface area contributed by atoms with E-state index in [0.717, 1.165) is 10.1 Å². The van der Waals surface area contributed by atoms with Crippen LogP contribution in [0.2, 0.25) is 10.0 Å². The summed E-state index contributed by atoms with van der Waals surface area (Å²) in [5.74, 6) is -0.487. The minimum absolute atomic E-state index is 0.251. The first kappa shape index (κ1) is 14.7. The number of imidazole rings is 1. The molecule has 3 N–H and O–H groups in total. The highest BCUT2D eigenvalue weighted by Crippen LogP contribution is 2.24. The molecule has 5 nitrogen and oxygen atoms in total. The predicted molar refractivity (Wildman–Crippen MR) is 87.9 cm³/mol. The Balaban J connectivity index is 2.23. The number of carbonyl (C=O) groups is 1. The van der Waals surface area contributed by atoms with Gasteiger partial charge in [-0.3, -0.25) is 4.79 Å². The van der Waals surface area contributed by atoms with Crippen LogP contribution in [0.4, 0.5) is 5.69 Å². The van der Waals surface area contributed by atoms with Gasteiger partial charge in [-0.15, -0.1) is 0 Å². The van der Waals surface area contributed by atoms with E-state index < -0.39 is 11.6 Å². The number of benzene rings is 2. The van der Waals surface area contributed by atoms with Gasteiger partial charge in [0.05, 0.1) is 21.1 Å². The van der Waals surface area contributed by atoms with Gasteiger partial charge >= 0.3 is 5.69 Å². The number of nitrogens with one attached hydrogen (secondary N) is 1. The van der Waals surface area contributed by atoms with Crippen LogP contribution in [0.15, 0.2) is 35.1 Å². The highest BCUT2D eigenvalue weighted by atomic mass is 35.5. The summed E-state index contributed by atoms with van der Waals surface area (Å²) in [7, 11) is 0. The van der Waals surface area contributed by atoms with Crippen LogP contribution in [-0.4, -0.2) is 15.5 Å². The minimum Gasteiger partial charge on any atom is -0.398 e. The smallest absolute Gasteiger partial charge is 0.333 e. The fourth-order valence-electron chi connectivity index (χ4n) is 2.23. The second kappa shape index (κ2) is 5.19. The Morgan fingerprint density at radius 1 is 1.18 bits per heavy atom. The fraction of sp³-hybridized carbons (Fsp3) is 0.0667. The van der Waals surface area contributed by atoms with E-state index in [2.05, 4.69) is 4.98 Å². The summed E-state index contributed by atoms with van der Waals surface area (Å²) in [5, 5.41) is 0.592. The van der Waals surface area contributed by atoms with Crippen molar-refractivity contribution in [3.05, 3.63) is 62.0 Å². The Bertz CT molecular complexity index is 973. The van der Waals surface area contributed by atoms with E-state index in [0.29, 0.717) is 21.7 Å². The van der Waals surface area contributed by atoms with E-state index >= 15 is 0 Å². The molecule has 0 atom stereocenters. The van der Waals surface area contributed by atoms with Crippen LogP contribution in [0.25, 0.3) is 11.0 Å². The molecule has 0 unspecified atom stereocenters. The molecule has 3 rings (SSSR count). The molecule has 0 amide bonds. The Hall–Kier alpha value is -2.24. The maximum Gasteiger partial charge on any atom is 0.333 e. The van der Waals surface area contributed by atoms with Crippen molar-refractivity contribution in [3.63, 3.8) is 0 Å². The van der Waals surface area contributed by atoms with Crippen LogP contribution >= 0.6 is 23.2 Å². The standard InChI is InChI=1S/C15H11Cl2N3O2/c1-7-4-13-12(6-11(7)18)19-15(22)20(13)14(21)8-2-3-9(16)10(17)5-8/h2-6H,18H2,1H3,(H,19,22). The van der Waals surface area contributed by atoms with Crippen molar-refractivity contribution in [2.24, 2.45) is 0 Å². The quantitative estimate of drug-likeness (QED) is 0.670. The van der Waals surface area contributed by atoms with E-state index in [4.69, 9.17) is 28.9 Å². The molecule has 0 aliphatic rings. The Kier molecular flexibility index (Phi) is 3.47. The number of halogens is 2. The molecule has 1 heterocycles. The summed E-state index contributed by atoms with van der Waals surface area (Å²) in [6.07, 6.45) is 0. The third-order valence-electron chi connectivity index (χ3n) is 3.44. The van der Waals surface area contributed by atoms with Crippen LogP contribution in [0.1, 0.15) is 15.9 Å². The lowest BCUT2D eigenvalue weighted by Gasteiger charge is -2.05. The molecule has 3 aromatic rings. The number of aromatic nitrogens is 2. The summed E-state index contributed by atoms with van der Waals surface area (Å²) >= 11 is 11.8. The largest absolute Gasteiger partial charge is 0.398 e. The maximum absolute atomic E-state index is 12.6. The molecule has 0 bridgehead atoms. The number of hydrogen-bond acceptors (Lipinski definition) is 3. The lowest BCUT2D eigenvalue weighted by atomic mass is 10.1. The Labute approximate surface area is 135 Å². The summed E-state index contributed by atoms with van der Waals surface area (Å²) < 4.78 is 1.06. The first-order chi connectivity index (χ1) is 10.4. The van der Waals surface area contributed by atoms with Gasteiger partial charge in [-0.2, -0.15) is 0 Å². The van der Waals surface area contributed by atoms with Crippen molar-refractivity contribution in [1.82, 2.24) is 9.55 Å². The number of nitrogens with zero attached hydrogens (tertiary/aromatic N) is 1. The molecule has 22 heavy (non-hydrogen) atoms. The first-order valence-electron chi connectivity index (χ1n) is 6.39. The third kappa shape index (κ3) is 2.28. The first-order valence-corrected chi connectivity index (χ1v) is 7.14. The number of hydrogen-bond donors (Lipinski definition) is 2. The number of anilines is 1. The van der Waals surface area contributed by atoms with Crippen LogP contribution in [0.3, 0.4) is 0 Å². The van der Waals surface area contributed by atoms with Gasteiger partial charge in [0.25, 0.3) is 5.91 Å². The topological polar surface area (TPSA) is 80.9 Å². The molecule has 2 aromatic carbocycles. The van der Waals surface area contributed by atoms with Gasteiger partial charge in [-0.25, -0.2) is 9.36 Å². The molecule has 112 valence electrons. The molecule has 0 radical (unpaired) electrons. The second-order valence-corrected chi connectivity index (χ2v) is 5.74. The van der Waals surface area contributed by atoms with Crippen LogP contribution in [0, 0.1) is 6.92 Å². The SMILES string of the molecule is Cc1cc2c(cc1N)[nH]c(=O)n2C(=O)c1ccc(Cl)c(Cl)c1. The molecule has 0 aliphatic carbocycles. The number of rotatable bonds is 1. The van der Waals surface area contributed by atoms with Crippen LogP contribution in [-0.2, 0) is 0 Å². The molecule has 0 aliphatic heterocycles. The van der Waals surface area contributed by atoms with Gasteiger partial charge < -0.3 is 10.7 Å². The molecule has 0 fully saturated rings. The molecule has 0 spiro atoms. The Morgan fingerprint density at radius 2 is 1.91 bits per heavy atom. The fourth-order valence-corrected chi connectivity index (χ4v) is 2.53. The second-order valence-electron chi connectivity index (χ2n) is 4.93. The van der Waals surface area contributed by atoms with E-state index in [-0.39, 0.29) is 10.6 Å². The molecule has 0 saturated carbocycles. The maximum atomic E-state index is 12.6. The van der Waals surface area contributed by atoms with E-state index in [1.54, 1.807) is 19.1 Å². The average molecular weight is 336 g/mol. The van der Waals surface area contributed by atoms with Crippen molar-refractivity contribution in [1.29, 1.82) is 0 Å². The zero-order valence-electron chi connectivity index (χ0n) is 11.5. The number of H-pyrrole nitrogens is 1. The monoisotopic (exact) mass is 335 g/mol. The number of nitrogen functional groups attached to an aromatic ring is 1. The van der Waals surface area contributed by atoms with Gasteiger partial charge in [-0.1, -0.05) is 23.2 Å². The zero-order chi connectivity index (χ0) is 16.0. The molecular weight excluding hydrogens is 325 g/mol. The van der Waals surface area contributed by atoms with E-state index in [1.165, 1.54) is 18.2 Å². The van der Waals surface area contributed by atoms with Gasteiger partial charge in [0.2, 0.25) is 0 Å². The highest BCUT2D eigenvalue weighted by Gasteiger charge is 2.17. The van der Waals surface area contributed by atoms with Gasteiger partial charge in [0, 0.05) is 11.3 Å². The molecule has 0 saturated heterocycles. The van der Waals surface area contributed by atoms with Crippen molar-refractivity contribution in [2.45, 2.75) is 6.92 Å². The highest BCUT2D eigenvalue weighted by molar-refractivity contribution is 6.42. The van der Waals surface area contributed by atoms with Crippen LogP contribution < -0.4 is 11.4 Å². The molecule has 7 heteroatoms. The van der Waals surface area contributed by atoms with Crippen molar-refractivity contribution < 1.29 is 4.79 Å². The number of fused-ring (bicyclic) bond motifs is 1. The van der Waals surface area contributed by atoms with Gasteiger partial charge in [-0.05, 0) is 42.8 Å². The normalized spacial score (nSPS) is 11.0. The lowest BCUT2D eigenvalue weighted by molar-refractivity contribution is 0.0961. The van der Waals surface area contributed by atoms with Crippen molar-refractivity contribution >= 4 is 45.8 Å². The predicted octanol–water partition coefficient (Wildman–Crippen LogP) is 3.22. The van der Waals surface area contributed by atoms with Crippen molar-refractivity contribution in [3.8, 4) is 0 Å². The third-order valence-corrected chi connectivity index (χ3v) is 4.18. The summed E-state index contributed by atoms with van der Waals surface area (Å²) in [5.41, 5.74) is 7.85. The summed E-state index contributed by atoms with van der Waals surface area (Å²) in [4.78, 5) is 27.3. The number of carbonyl (C=O) groups excluding carboxylic acids is 1.